The second-order valence-electron chi connectivity index (χ2n) is 7.65. The molecule has 184 valence electrons. The summed E-state index contributed by atoms with van der Waals surface area (Å²) in [5.41, 5.74) is 1.84. The van der Waals surface area contributed by atoms with Gasteiger partial charge in [0.2, 0.25) is 5.91 Å². The molecule has 0 bridgehead atoms. The smallest absolute Gasteiger partial charge is 0.294 e. The van der Waals surface area contributed by atoms with Crippen molar-refractivity contribution in [3.63, 3.8) is 0 Å². The summed E-state index contributed by atoms with van der Waals surface area (Å²) < 4.78 is 25.6. The summed E-state index contributed by atoms with van der Waals surface area (Å²) in [6, 6.07) is 18.2. The van der Waals surface area contributed by atoms with E-state index in [1.807, 2.05) is 24.3 Å². The van der Waals surface area contributed by atoms with E-state index < -0.39 is 29.4 Å². The highest BCUT2D eigenvalue weighted by Gasteiger charge is 2.36. The van der Waals surface area contributed by atoms with Crippen molar-refractivity contribution in [1.29, 1.82) is 0 Å². The van der Waals surface area contributed by atoms with Gasteiger partial charge in [0.15, 0.2) is 11.5 Å². The van der Waals surface area contributed by atoms with Crippen LogP contribution in [0, 0.1) is 5.82 Å². The number of hydrogen-bond acceptors (Lipinski definition) is 6. The molecule has 1 N–H and O–H groups in total. The lowest BCUT2D eigenvalue weighted by Crippen LogP contribution is -2.36. The van der Waals surface area contributed by atoms with Crippen LogP contribution in [0.1, 0.15) is 11.1 Å². The average molecular weight is 571 g/mol. The molecule has 7 nitrogen and oxygen atoms in total. The Morgan fingerprint density at radius 1 is 1.08 bits per heavy atom. The number of nitrogens with one attached hydrogen (secondary N) is 1. The maximum Gasteiger partial charge on any atom is 0.294 e. The monoisotopic (exact) mass is 570 g/mol. The Morgan fingerprint density at radius 3 is 2.58 bits per heavy atom. The molecule has 36 heavy (non-hydrogen) atoms. The zero-order valence-corrected chi connectivity index (χ0v) is 21.4. The Bertz CT molecular complexity index is 1350. The number of anilines is 1. The van der Waals surface area contributed by atoms with Crippen molar-refractivity contribution in [1.82, 2.24) is 4.90 Å². The molecule has 4 rings (SSSR count). The number of methoxy groups -OCH3 is 1. The van der Waals surface area contributed by atoms with Gasteiger partial charge in [-0.3, -0.25) is 19.3 Å². The molecule has 3 aromatic carbocycles. The Morgan fingerprint density at radius 2 is 1.86 bits per heavy atom. The van der Waals surface area contributed by atoms with E-state index in [-0.39, 0.29) is 10.6 Å². The van der Waals surface area contributed by atoms with E-state index in [4.69, 9.17) is 9.47 Å². The van der Waals surface area contributed by atoms with Crippen LogP contribution in [-0.2, 0) is 16.2 Å². The van der Waals surface area contributed by atoms with Crippen molar-refractivity contribution in [2.75, 3.05) is 19.0 Å². The molecule has 1 heterocycles. The van der Waals surface area contributed by atoms with E-state index in [0.717, 1.165) is 32.8 Å². The van der Waals surface area contributed by atoms with Crippen LogP contribution in [-0.4, -0.2) is 35.6 Å². The molecule has 1 fully saturated rings. The number of ether oxygens (including phenoxy) is 2. The van der Waals surface area contributed by atoms with Gasteiger partial charge in [0, 0.05) is 10.2 Å². The lowest BCUT2D eigenvalue weighted by Gasteiger charge is -2.13. The van der Waals surface area contributed by atoms with Crippen LogP contribution in [0.2, 0.25) is 0 Å². The Kier molecular flexibility index (Phi) is 8.07. The molecule has 0 radical (unpaired) electrons. The Hall–Kier alpha value is -3.63. The summed E-state index contributed by atoms with van der Waals surface area (Å²) in [4.78, 5) is 38.5. The number of halogens is 2. The van der Waals surface area contributed by atoms with E-state index in [1.54, 1.807) is 24.3 Å². The zero-order valence-electron chi connectivity index (χ0n) is 19.0. The number of nitrogens with zero attached hydrogens (tertiary/aromatic N) is 1. The first kappa shape index (κ1) is 25.5. The zero-order chi connectivity index (χ0) is 25.7. The van der Waals surface area contributed by atoms with Gasteiger partial charge in [-0.15, -0.1) is 0 Å². The minimum Gasteiger partial charge on any atom is -0.493 e. The summed E-state index contributed by atoms with van der Waals surface area (Å²) in [5, 5.41) is 1.91. The number of benzene rings is 3. The highest BCUT2D eigenvalue weighted by Crippen LogP contribution is 2.34. The summed E-state index contributed by atoms with van der Waals surface area (Å²) in [6.45, 7) is -0.135. The number of rotatable bonds is 8. The maximum atomic E-state index is 13.3. The molecule has 3 amide bonds. The van der Waals surface area contributed by atoms with Crippen LogP contribution in [0.3, 0.4) is 0 Å². The standard InChI is InChI=1S/C26H20BrFN2O5S/c1-34-22-11-17(7-10-21(22)35-15-16-5-8-18(27)9-6-16)12-23-25(32)30(26(33)36-23)14-24(31)29-20-4-2-3-19(28)13-20/h2-13H,14-15H2,1H3,(H,29,31)/b23-12+. The molecule has 0 aromatic heterocycles. The number of amides is 3. The molecule has 0 saturated carbocycles. The second-order valence-corrected chi connectivity index (χ2v) is 9.56. The fraction of sp³-hybridized carbons (Fsp3) is 0.115. The van der Waals surface area contributed by atoms with Gasteiger partial charge in [-0.2, -0.15) is 0 Å². The van der Waals surface area contributed by atoms with Crippen LogP contribution < -0.4 is 14.8 Å². The lowest BCUT2D eigenvalue weighted by atomic mass is 10.1. The van der Waals surface area contributed by atoms with Crippen LogP contribution in [0.25, 0.3) is 6.08 Å². The molecule has 1 aliphatic rings. The number of carbonyl (C=O) groups excluding carboxylic acids is 3. The highest BCUT2D eigenvalue weighted by atomic mass is 79.9. The van der Waals surface area contributed by atoms with Gasteiger partial charge >= 0.3 is 0 Å². The highest BCUT2D eigenvalue weighted by molar-refractivity contribution is 9.10. The van der Waals surface area contributed by atoms with Crippen molar-refractivity contribution in [3.05, 3.63) is 93.1 Å². The molecule has 1 saturated heterocycles. The second kappa shape index (κ2) is 11.4. The molecule has 0 unspecified atom stereocenters. The number of hydrogen-bond donors (Lipinski definition) is 1. The lowest BCUT2D eigenvalue weighted by molar-refractivity contribution is -0.127. The van der Waals surface area contributed by atoms with E-state index >= 15 is 0 Å². The molecule has 3 aromatic rings. The van der Waals surface area contributed by atoms with Gasteiger partial charge in [0.05, 0.1) is 12.0 Å². The van der Waals surface area contributed by atoms with Gasteiger partial charge in [-0.05, 0) is 71.4 Å². The van der Waals surface area contributed by atoms with Crippen molar-refractivity contribution in [2.24, 2.45) is 0 Å². The largest absolute Gasteiger partial charge is 0.493 e. The summed E-state index contributed by atoms with van der Waals surface area (Å²) >= 11 is 4.13. The van der Waals surface area contributed by atoms with Gasteiger partial charge in [0.25, 0.3) is 11.1 Å². The quantitative estimate of drug-likeness (QED) is 0.342. The fourth-order valence-corrected chi connectivity index (χ4v) is 4.44. The summed E-state index contributed by atoms with van der Waals surface area (Å²) in [7, 11) is 1.51. The van der Waals surface area contributed by atoms with Gasteiger partial charge < -0.3 is 14.8 Å². The van der Waals surface area contributed by atoms with Crippen molar-refractivity contribution >= 4 is 56.5 Å². The number of carbonyl (C=O) groups is 3. The molecule has 1 aliphatic heterocycles. The number of thioether (sulfide) groups is 1. The van der Waals surface area contributed by atoms with E-state index in [1.165, 1.54) is 25.3 Å². The fourth-order valence-electron chi connectivity index (χ4n) is 3.33. The van der Waals surface area contributed by atoms with Crippen molar-refractivity contribution in [3.8, 4) is 11.5 Å². The van der Waals surface area contributed by atoms with E-state index in [0.29, 0.717) is 23.7 Å². The third kappa shape index (κ3) is 6.32. The first-order valence-electron chi connectivity index (χ1n) is 10.7. The normalized spacial score (nSPS) is 14.3. The van der Waals surface area contributed by atoms with Crippen molar-refractivity contribution < 1.29 is 28.2 Å². The molecule has 0 atom stereocenters. The Labute approximate surface area is 219 Å². The summed E-state index contributed by atoms with van der Waals surface area (Å²) in [6.07, 6.45) is 1.55. The first-order valence-corrected chi connectivity index (χ1v) is 12.3. The molecule has 10 heteroatoms. The van der Waals surface area contributed by atoms with Gasteiger partial charge in [0.1, 0.15) is 19.0 Å². The minimum atomic E-state index is -0.613. The predicted octanol–water partition coefficient (Wildman–Crippen LogP) is 5.85. The molecule has 0 spiro atoms. The van der Waals surface area contributed by atoms with Crippen LogP contribution >= 0.6 is 27.7 Å². The topological polar surface area (TPSA) is 84.9 Å². The molecular weight excluding hydrogens is 551 g/mol. The van der Waals surface area contributed by atoms with Crippen molar-refractivity contribution in [2.45, 2.75) is 6.61 Å². The van der Waals surface area contributed by atoms with E-state index in [9.17, 15) is 18.8 Å². The first-order chi connectivity index (χ1) is 17.3. The van der Waals surface area contributed by atoms with Crippen LogP contribution in [0.4, 0.5) is 14.9 Å². The van der Waals surface area contributed by atoms with Crippen LogP contribution in [0.5, 0.6) is 11.5 Å². The van der Waals surface area contributed by atoms with E-state index in [2.05, 4.69) is 21.2 Å². The predicted molar refractivity (Wildman–Crippen MR) is 139 cm³/mol. The van der Waals surface area contributed by atoms with Crippen LogP contribution in [0.15, 0.2) is 76.1 Å². The SMILES string of the molecule is COc1cc(/C=C2/SC(=O)N(CC(=O)Nc3cccc(F)c3)C2=O)ccc1OCc1ccc(Br)cc1. The molecule has 0 aliphatic carbocycles. The third-order valence-corrected chi connectivity index (χ3v) is 6.51. The average Bonchev–Trinajstić information content (AvgIpc) is 3.11. The van der Waals surface area contributed by atoms with Gasteiger partial charge in [-0.1, -0.05) is 40.2 Å². The minimum absolute atomic E-state index is 0.170. The number of imide groups is 1. The molecular formula is C26H20BrFN2O5S. The Balaban J connectivity index is 1.42. The van der Waals surface area contributed by atoms with Gasteiger partial charge in [-0.25, -0.2) is 4.39 Å². The maximum absolute atomic E-state index is 13.3. The third-order valence-electron chi connectivity index (χ3n) is 5.08. The summed E-state index contributed by atoms with van der Waals surface area (Å²) in [5.74, 6) is -0.719.